The van der Waals surface area contributed by atoms with E-state index in [1.807, 2.05) is 18.2 Å². The number of hydrogen-bond acceptors (Lipinski definition) is 1. The molecule has 0 bridgehead atoms. The highest BCUT2D eigenvalue weighted by Gasteiger charge is 2.06. The molecular formula is C11H13N. The second kappa shape index (κ2) is 4.56. The van der Waals surface area contributed by atoms with Gasteiger partial charge in [-0.25, -0.2) is 0 Å². The third kappa shape index (κ3) is 2.10. The molecule has 0 radical (unpaired) electrons. The summed E-state index contributed by atoms with van der Waals surface area (Å²) in [5, 5.41) is 8.58. The smallest absolute Gasteiger partial charge is 0.0628 e. The molecule has 0 amide bonds. The van der Waals surface area contributed by atoms with Gasteiger partial charge in [0, 0.05) is 6.42 Å². The van der Waals surface area contributed by atoms with Crippen LogP contribution in [0.1, 0.15) is 31.2 Å². The quantitative estimate of drug-likeness (QED) is 0.664. The zero-order valence-electron chi connectivity index (χ0n) is 7.33. The van der Waals surface area contributed by atoms with Crippen LogP contribution in [0.15, 0.2) is 30.3 Å². The summed E-state index contributed by atoms with van der Waals surface area (Å²) in [5.74, 6) is 0.413. The van der Waals surface area contributed by atoms with E-state index >= 15 is 0 Å². The van der Waals surface area contributed by atoms with Gasteiger partial charge in [-0.05, 0) is 17.9 Å². The molecule has 1 atom stereocenters. The molecule has 1 nitrogen and oxygen atoms in total. The lowest BCUT2D eigenvalue weighted by Gasteiger charge is -2.09. The Kier molecular flexibility index (Phi) is 3.35. The van der Waals surface area contributed by atoms with Gasteiger partial charge in [-0.15, -0.1) is 0 Å². The molecule has 1 aromatic rings. The number of benzene rings is 1. The van der Waals surface area contributed by atoms with Crippen LogP contribution in [-0.2, 0) is 0 Å². The molecule has 0 aromatic heterocycles. The SMILES string of the molecule is CC[C@@H](CC#N)c1ccccc1. The average molecular weight is 159 g/mol. The third-order valence-corrected chi connectivity index (χ3v) is 2.10. The monoisotopic (exact) mass is 159 g/mol. The highest BCUT2D eigenvalue weighted by Crippen LogP contribution is 2.21. The van der Waals surface area contributed by atoms with Gasteiger partial charge < -0.3 is 0 Å². The molecule has 0 aliphatic carbocycles. The maximum atomic E-state index is 8.58. The Labute approximate surface area is 73.6 Å². The van der Waals surface area contributed by atoms with Crippen LogP contribution in [0.3, 0.4) is 0 Å². The molecule has 1 aromatic carbocycles. The minimum Gasteiger partial charge on any atom is -0.198 e. The summed E-state index contributed by atoms with van der Waals surface area (Å²) in [4.78, 5) is 0. The predicted octanol–water partition coefficient (Wildman–Crippen LogP) is 3.09. The topological polar surface area (TPSA) is 23.8 Å². The molecule has 0 N–H and O–H groups in total. The van der Waals surface area contributed by atoms with E-state index in [4.69, 9.17) is 5.26 Å². The predicted molar refractivity (Wildman–Crippen MR) is 49.7 cm³/mol. The van der Waals surface area contributed by atoms with Gasteiger partial charge in [0.25, 0.3) is 0 Å². The van der Waals surface area contributed by atoms with Gasteiger partial charge in [0.15, 0.2) is 0 Å². The van der Waals surface area contributed by atoms with Crippen molar-refractivity contribution in [1.82, 2.24) is 0 Å². The van der Waals surface area contributed by atoms with E-state index in [1.165, 1.54) is 5.56 Å². The van der Waals surface area contributed by atoms with Crippen molar-refractivity contribution in [1.29, 1.82) is 5.26 Å². The van der Waals surface area contributed by atoms with E-state index in [1.54, 1.807) is 0 Å². The van der Waals surface area contributed by atoms with Crippen LogP contribution in [0, 0.1) is 11.3 Å². The van der Waals surface area contributed by atoms with Gasteiger partial charge in [0.1, 0.15) is 0 Å². The van der Waals surface area contributed by atoms with E-state index in [0.717, 1.165) is 6.42 Å². The number of nitriles is 1. The van der Waals surface area contributed by atoms with Crippen molar-refractivity contribution in [2.75, 3.05) is 0 Å². The minimum atomic E-state index is 0.413. The molecule has 0 heterocycles. The molecule has 1 heteroatoms. The van der Waals surface area contributed by atoms with Crippen molar-refractivity contribution in [3.05, 3.63) is 35.9 Å². The van der Waals surface area contributed by atoms with Gasteiger partial charge in [0.2, 0.25) is 0 Å². The Balaban J connectivity index is 2.75. The minimum absolute atomic E-state index is 0.413. The van der Waals surface area contributed by atoms with Crippen molar-refractivity contribution in [2.45, 2.75) is 25.7 Å². The maximum absolute atomic E-state index is 8.58. The Morgan fingerprint density at radius 1 is 1.33 bits per heavy atom. The fourth-order valence-electron chi connectivity index (χ4n) is 1.33. The van der Waals surface area contributed by atoms with Gasteiger partial charge in [0.05, 0.1) is 6.07 Å². The van der Waals surface area contributed by atoms with Gasteiger partial charge in [-0.3, -0.25) is 0 Å². The Hall–Kier alpha value is -1.29. The molecule has 0 saturated carbocycles. The van der Waals surface area contributed by atoms with Gasteiger partial charge >= 0.3 is 0 Å². The van der Waals surface area contributed by atoms with Crippen LogP contribution in [0.2, 0.25) is 0 Å². The van der Waals surface area contributed by atoms with Crippen molar-refractivity contribution in [2.24, 2.45) is 0 Å². The summed E-state index contributed by atoms with van der Waals surface area (Å²) in [5.41, 5.74) is 1.28. The van der Waals surface area contributed by atoms with Crippen molar-refractivity contribution >= 4 is 0 Å². The summed E-state index contributed by atoms with van der Waals surface area (Å²) in [7, 11) is 0. The molecule has 0 aliphatic rings. The van der Waals surface area contributed by atoms with E-state index in [-0.39, 0.29) is 0 Å². The van der Waals surface area contributed by atoms with E-state index in [9.17, 15) is 0 Å². The van der Waals surface area contributed by atoms with Crippen molar-refractivity contribution in [3.63, 3.8) is 0 Å². The number of hydrogen-bond donors (Lipinski definition) is 0. The van der Waals surface area contributed by atoms with E-state index < -0.39 is 0 Å². The summed E-state index contributed by atoms with van der Waals surface area (Å²) in [6.45, 7) is 2.12. The van der Waals surface area contributed by atoms with Crippen LogP contribution in [0.5, 0.6) is 0 Å². The lowest BCUT2D eigenvalue weighted by Crippen LogP contribution is -1.94. The van der Waals surface area contributed by atoms with Crippen LogP contribution in [0.4, 0.5) is 0 Å². The largest absolute Gasteiger partial charge is 0.198 e. The number of nitrogens with zero attached hydrogens (tertiary/aromatic N) is 1. The molecule has 0 fully saturated rings. The average Bonchev–Trinajstić information content (AvgIpc) is 2.15. The first kappa shape index (κ1) is 8.80. The second-order valence-electron chi connectivity index (χ2n) is 2.88. The van der Waals surface area contributed by atoms with E-state index in [0.29, 0.717) is 12.3 Å². The first-order chi connectivity index (χ1) is 5.88. The fraction of sp³-hybridized carbons (Fsp3) is 0.364. The highest BCUT2D eigenvalue weighted by molar-refractivity contribution is 5.20. The molecule has 12 heavy (non-hydrogen) atoms. The summed E-state index contributed by atoms with van der Waals surface area (Å²) >= 11 is 0. The number of rotatable bonds is 3. The van der Waals surface area contributed by atoms with Crippen LogP contribution >= 0.6 is 0 Å². The lowest BCUT2D eigenvalue weighted by molar-refractivity contribution is 0.681. The first-order valence-electron chi connectivity index (χ1n) is 4.30. The molecule has 1 rings (SSSR count). The van der Waals surface area contributed by atoms with E-state index in [2.05, 4.69) is 25.1 Å². The highest BCUT2D eigenvalue weighted by atomic mass is 14.2. The fourth-order valence-corrected chi connectivity index (χ4v) is 1.33. The molecule has 0 aliphatic heterocycles. The summed E-state index contributed by atoms with van der Waals surface area (Å²) in [6.07, 6.45) is 1.66. The van der Waals surface area contributed by atoms with Crippen LogP contribution in [0.25, 0.3) is 0 Å². The summed E-state index contributed by atoms with van der Waals surface area (Å²) < 4.78 is 0. The lowest BCUT2D eigenvalue weighted by atomic mass is 9.94. The first-order valence-corrected chi connectivity index (χ1v) is 4.30. The molecule has 0 spiro atoms. The van der Waals surface area contributed by atoms with Gasteiger partial charge in [-0.2, -0.15) is 5.26 Å². The normalized spacial score (nSPS) is 12.0. The molecule has 62 valence electrons. The Morgan fingerprint density at radius 2 is 2.00 bits per heavy atom. The molecule has 0 saturated heterocycles. The molecule has 0 unspecified atom stereocenters. The molecular weight excluding hydrogens is 146 g/mol. The Bertz CT molecular complexity index is 258. The van der Waals surface area contributed by atoms with Crippen LogP contribution in [-0.4, -0.2) is 0 Å². The van der Waals surface area contributed by atoms with Gasteiger partial charge in [-0.1, -0.05) is 37.3 Å². The standard InChI is InChI=1S/C11H13N/c1-2-10(8-9-12)11-6-4-3-5-7-11/h3-7,10H,2,8H2,1H3/t10-/m0/s1. The zero-order chi connectivity index (χ0) is 8.81. The van der Waals surface area contributed by atoms with Crippen molar-refractivity contribution in [3.8, 4) is 6.07 Å². The zero-order valence-corrected chi connectivity index (χ0v) is 7.33. The van der Waals surface area contributed by atoms with Crippen LogP contribution < -0.4 is 0 Å². The Morgan fingerprint density at radius 3 is 2.50 bits per heavy atom. The summed E-state index contributed by atoms with van der Waals surface area (Å²) in [6, 6.07) is 12.4. The van der Waals surface area contributed by atoms with Crippen molar-refractivity contribution < 1.29 is 0 Å². The second-order valence-corrected chi connectivity index (χ2v) is 2.88. The third-order valence-electron chi connectivity index (χ3n) is 2.10. The maximum Gasteiger partial charge on any atom is 0.0628 e.